The second kappa shape index (κ2) is 4.57. The second-order valence-electron chi connectivity index (χ2n) is 3.28. The summed E-state index contributed by atoms with van der Waals surface area (Å²) in [5.74, 6) is -1.29. The third-order valence-corrected chi connectivity index (χ3v) is 2.52. The molecule has 2 rings (SSSR count). The number of nitrogens with two attached hydrogens (primary N) is 1. The minimum atomic E-state index is -1.20. The second-order valence-corrected chi connectivity index (χ2v) is 3.69. The fraction of sp³-hybridized carbons (Fsp3) is 0.0909. The molecule has 1 aromatic carbocycles. The fourth-order valence-electron chi connectivity index (χ4n) is 1.41. The van der Waals surface area contributed by atoms with Gasteiger partial charge in [0, 0.05) is 6.54 Å². The zero-order valence-electron chi connectivity index (χ0n) is 8.68. The highest BCUT2D eigenvalue weighted by Crippen LogP contribution is 2.28. The largest absolute Gasteiger partial charge is 0.475 e. The SMILES string of the molecule is NCc1nc(-c2ccccc2Cl)oc1C(=O)O. The van der Waals surface area contributed by atoms with Crippen molar-refractivity contribution in [1.29, 1.82) is 0 Å². The van der Waals surface area contributed by atoms with E-state index in [9.17, 15) is 4.79 Å². The Balaban J connectivity index is 2.54. The maximum absolute atomic E-state index is 10.9. The van der Waals surface area contributed by atoms with Crippen LogP contribution >= 0.6 is 11.6 Å². The van der Waals surface area contributed by atoms with Crippen LogP contribution in [0.3, 0.4) is 0 Å². The molecule has 0 amide bonds. The topological polar surface area (TPSA) is 89.4 Å². The smallest absolute Gasteiger partial charge is 0.373 e. The normalized spacial score (nSPS) is 10.5. The molecule has 6 heteroatoms. The van der Waals surface area contributed by atoms with Crippen molar-refractivity contribution in [3.8, 4) is 11.5 Å². The molecule has 0 fully saturated rings. The number of oxazole rings is 1. The van der Waals surface area contributed by atoms with E-state index in [4.69, 9.17) is 26.9 Å². The van der Waals surface area contributed by atoms with Gasteiger partial charge in [0.05, 0.1) is 10.6 Å². The van der Waals surface area contributed by atoms with E-state index in [1.54, 1.807) is 24.3 Å². The molecule has 0 aliphatic carbocycles. The van der Waals surface area contributed by atoms with Crippen LogP contribution in [0.15, 0.2) is 28.7 Å². The van der Waals surface area contributed by atoms with Crippen LogP contribution in [0.2, 0.25) is 5.02 Å². The Hall–Kier alpha value is -1.85. The first-order chi connectivity index (χ1) is 8.13. The number of benzene rings is 1. The van der Waals surface area contributed by atoms with E-state index in [-0.39, 0.29) is 23.9 Å². The zero-order chi connectivity index (χ0) is 12.4. The predicted octanol–water partition coefficient (Wildman–Crippen LogP) is 2.15. The number of halogens is 1. The lowest BCUT2D eigenvalue weighted by Crippen LogP contribution is -2.04. The van der Waals surface area contributed by atoms with Crippen molar-refractivity contribution in [2.75, 3.05) is 0 Å². The molecule has 1 aromatic heterocycles. The van der Waals surface area contributed by atoms with Gasteiger partial charge in [0.1, 0.15) is 5.69 Å². The molecule has 0 saturated carbocycles. The molecule has 88 valence electrons. The summed E-state index contributed by atoms with van der Waals surface area (Å²) in [5, 5.41) is 9.34. The summed E-state index contributed by atoms with van der Waals surface area (Å²) >= 11 is 5.96. The Morgan fingerprint density at radius 1 is 1.47 bits per heavy atom. The van der Waals surface area contributed by atoms with Gasteiger partial charge in [0.15, 0.2) is 0 Å². The molecule has 17 heavy (non-hydrogen) atoms. The zero-order valence-corrected chi connectivity index (χ0v) is 9.44. The molecule has 0 radical (unpaired) electrons. The van der Waals surface area contributed by atoms with Crippen LogP contribution in [-0.2, 0) is 6.54 Å². The van der Waals surface area contributed by atoms with Gasteiger partial charge < -0.3 is 15.3 Å². The van der Waals surface area contributed by atoms with Crippen molar-refractivity contribution in [3.63, 3.8) is 0 Å². The minimum Gasteiger partial charge on any atom is -0.475 e. The van der Waals surface area contributed by atoms with Crippen molar-refractivity contribution >= 4 is 17.6 Å². The molecule has 0 atom stereocenters. The maximum atomic E-state index is 10.9. The van der Waals surface area contributed by atoms with Crippen LogP contribution in [0.1, 0.15) is 16.2 Å². The number of carboxylic acids is 1. The molecule has 0 aliphatic rings. The lowest BCUT2D eigenvalue weighted by Gasteiger charge is -1.97. The summed E-state index contributed by atoms with van der Waals surface area (Å²) in [5.41, 5.74) is 6.14. The van der Waals surface area contributed by atoms with Gasteiger partial charge in [-0.1, -0.05) is 23.7 Å². The van der Waals surface area contributed by atoms with Gasteiger partial charge in [-0.25, -0.2) is 9.78 Å². The van der Waals surface area contributed by atoms with Gasteiger partial charge in [-0.2, -0.15) is 0 Å². The number of carbonyl (C=O) groups is 1. The van der Waals surface area contributed by atoms with Crippen molar-refractivity contribution < 1.29 is 14.3 Å². The lowest BCUT2D eigenvalue weighted by atomic mass is 10.2. The molecule has 1 heterocycles. The van der Waals surface area contributed by atoms with Gasteiger partial charge in [-0.15, -0.1) is 0 Å². The van der Waals surface area contributed by atoms with Gasteiger partial charge in [-0.3, -0.25) is 0 Å². The standard InChI is InChI=1S/C11H9ClN2O3/c12-7-4-2-1-3-6(7)10-14-8(5-13)9(17-10)11(15)16/h1-4H,5,13H2,(H,15,16). The number of aromatic nitrogens is 1. The Morgan fingerprint density at radius 3 is 2.71 bits per heavy atom. The Labute approximate surface area is 102 Å². The summed E-state index contributed by atoms with van der Waals surface area (Å²) in [4.78, 5) is 14.9. The first-order valence-electron chi connectivity index (χ1n) is 4.81. The van der Waals surface area contributed by atoms with Crippen molar-refractivity contribution in [1.82, 2.24) is 4.98 Å². The number of nitrogens with zero attached hydrogens (tertiary/aromatic N) is 1. The summed E-state index contributed by atoms with van der Waals surface area (Å²) in [7, 11) is 0. The van der Waals surface area contributed by atoms with Gasteiger partial charge in [0.25, 0.3) is 0 Å². The first kappa shape index (κ1) is 11.6. The van der Waals surface area contributed by atoms with Crippen molar-refractivity contribution in [2.45, 2.75) is 6.54 Å². The van der Waals surface area contributed by atoms with Crippen LogP contribution in [0.25, 0.3) is 11.5 Å². The molecule has 3 N–H and O–H groups in total. The van der Waals surface area contributed by atoms with Gasteiger partial charge in [-0.05, 0) is 12.1 Å². The van der Waals surface area contributed by atoms with Gasteiger partial charge >= 0.3 is 5.97 Å². The number of hydrogen-bond donors (Lipinski definition) is 2. The van der Waals surface area contributed by atoms with E-state index >= 15 is 0 Å². The number of aromatic carboxylic acids is 1. The monoisotopic (exact) mass is 252 g/mol. The van der Waals surface area contributed by atoms with E-state index in [1.165, 1.54) is 0 Å². The van der Waals surface area contributed by atoms with E-state index in [0.717, 1.165) is 0 Å². The number of hydrogen-bond acceptors (Lipinski definition) is 4. The highest BCUT2D eigenvalue weighted by atomic mass is 35.5. The predicted molar refractivity (Wildman–Crippen MR) is 61.8 cm³/mol. The molecule has 0 spiro atoms. The molecule has 0 unspecified atom stereocenters. The third-order valence-electron chi connectivity index (χ3n) is 2.19. The minimum absolute atomic E-state index is 0.00438. The van der Waals surface area contributed by atoms with Crippen molar-refractivity contribution in [3.05, 3.63) is 40.7 Å². The van der Waals surface area contributed by atoms with Crippen LogP contribution in [-0.4, -0.2) is 16.1 Å². The maximum Gasteiger partial charge on any atom is 0.373 e. The summed E-state index contributed by atoms with van der Waals surface area (Å²) in [6.45, 7) is -0.00438. The quantitative estimate of drug-likeness (QED) is 0.874. The highest BCUT2D eigenvalue weighted by molar-refractivity contribution is 6.33. The van der Waals surface area contributed by atoms with Crippen LogP contribution in [0.5, 0.6) is 0 Å². The van der Waals surface area contributed by atoms with E-state index < -0.39 is 5.97 Å². The molecular weight excluding hydrogens is 244 g/mol. The summed E-state index contributed by atoms with van der Waals surface area (Å²) < 4.78 is 5.16. The number of rotatable bonds is 3. The Bertz CT molecular complexity index is 566. The number of carboxylic acid groups (broad SMARTS) is 1. The molecule has 0 bridgehead atoms. The van der Waals surface area contributed by atoms with Crippen LogP contribution in [0, 0.1) is 0 Å². The fourth-order valence-corrected chi connectivity index (χ4v) is 1.62. The highest BCUT2D eigenvalue weighted by Gasteiger charge is 2.20. The van der Waals surface area contributed by atoms with Crippen molar-refractivity contribution in [2.24, 2.45) is 5.73 Å². The third kappa shape index (κ3) is 2.15. The van der Waals surface area contributed by atoms with E-state index in [2.05, 4.69) is 4.98 Å². The molecule has 2 aromatic rings. The molecule has 0 aliphatic heterocycles. The Kier molecular flexibility index (Phi) is 3.12. The van der Waals surface area contributed by atoms with E-state index in [0.29, 0.717) is 10.6 Å². The summed E-state index contributed by atoms with van der Waals surface area (Å²) in [6.07, 6.45) is 0. The molecular formula is C11H9ClN2O3. The van der Waals surface area contributed by atoms with Gasteiger partial charge in [0.2, 0.25) is 11.7 Å². The molecule has 5 nitrogen and oxygen atoms in total. The first-order valence-corrected chi connectivity index (χ1v) is 5.19. The van der Waals surface area contributed by atoms with Crippen LogP contribution in [0.4, 0.5) is 0 Å². The summed E-state index contributed by atoms with van der Waals surface area (Å²) in [6, 6.07) is 6.88. The van der Waals surface area contributed by atoms with Crippen LogP contribution < -0.4 is 5.73 Å². The van der Waals surface area contributed by atoms with E-state index in [1.807, 2.05) is 0 Å². The molecule has 0 saturated heterocycles. The lowest BCUT2D eigenvalue weighted by molar-refractivity contribution is 0.0661. The average Bonchev–Trinajstić information content (AvgIpc) is 2.73. The average molecular weight is 253 g/mol. The Morgan fingerprint density at radius 2 is 2.18 bits per heavy atom.